The zero-order valence-corrected chi connectivity index (χ0v) is 18.7. The molecule has 0 aliphatic heterocycles. The fourth-order valence-electron chi connectivity index (χ4n) is 3.12. The van der Waals surface area contributed by atoms with Gasteiger partial charge in [0, 0.05) is 11.1 Å². The van der Waals surface area contributed by atoms with Gasteiger partial charge in [0.2, 0.25) is 5.89 Å². The van der Waals surface area contributed by atoms with Gasteiger partial charge in [0.25, 0.3) is 0 Å². The highest BCUT2D eigenvalue weighted by molar-refractivity contribution is 5.96. The number of rotatable bonds is 7. The maximum absolute atomic E-state index is 12.7. The average molecular weight is 459 g/mol. The van der Waals surface area contributed by atoms with Crippen molar-refractivity contribution in [3.05, 3.63) is 76.7 Å². The molecule has 0 radical (unpaired) electrons. The molecule has 0 N–H and O–H groups in total. The Morgan fingerprint density at radius 1 is 1.09 bits per heavy atom. The summed E-state index contributed by atoms with van der Waals surface area (Å²) in [5.41, 5.74) is 3.27. The Morgan fingerprint density at radius 3 is 2.42 bits per heavy atom. The molecule has 0 aliphatic carbocycles. The molecule has 0 aliphatic rings. The number of hydrogen-bond donors (Lipinski definition) is 0. The molecule has 174 valence electrons. The van der Waals surface area contributed by atoms with Crippen LogP contribution < -0.4 is 4.74 Å². The van der Waals surface area contributed by atoms with Crippen LogP contribution in [0.4, 0.5) is 13.2 Å². The van der Waals surface area contributed by atoms with E-state index >= 15 is 0 Å². The molecule has 0 fully saturated rings. The van der Waals surface area contributed by atoms with Gasteiger partial charge in [-0.3, -0.25) is 0 Å². The van der Waals surface area contributed by atoms with Crippen LogP contribution in [0.15, 0.2) is 58.7 Å². The van der Waals surface area contributed by atoms with E-state index in [0.29, 0.717) is 29.2 Å². The normalized spacial score (nSPS) is 12.3. The summed E-state index contributed by atoms with van der Waals surface area (Å²) in [6, 6.07) is 10.2. The van der Waals surface area contributed by atoms with Crippen LogP contribution in [0.3, 0.4) is 0 Å². The molecule has 2 aromatic carbocycles. The molecule has 1 heterocycles. The number of aryl methyl sites for hydroxylation is 1. The first-order valence-corrected chi connectivity index (χ1v) is 10.3. The van der Waals surface area contributed by atoms with Crippen LogP contribution in [-0.2, 0) is 22.3 Å². The van der Waals surface area contributed by atoms with Gasteiger partial charge in [0.15, 0.2) is 0 Å². The number of aromatic nitrogens is 1. The Kier molecular flexibility index (Phi) is 7.26. The molecule has 0 bridgehead atoms. The number of benzene rings is 2. The number of carbonyl (C=O) groups excluding carboxylic acids is 1. The highest BCUT2D eigenvalue weighted by Gasteiger charge is 2.30. The van der Waals surface area contributed by atoms with Crippen LogP contribution in [0.25, 0.3) is 17.0 Å². The van der Waals surface area contributed by atoms with E-state index < -0.39 is 11.7 Å². The molecular weight excluding hydrogens is 435 g/mol. The Labute approximate surface area is 189 Å². The van der Waals surface area contributed by atoms with Gasteiger partial charge < -0.3 is 13.9 Å². The Bertz CT molecular complexity index is 1160. The fraction of sp³-hybridized carbons (Fsp3) is 0.280. The zero-order chi connectivity index (χ0) is 24.2. The van der Waals surface area contributed by atoms with Gasteiger partial charge in [0.05, 0.1) is 12.2 Å². The lowest BCUT2D eigenvalue weighted by Gasteiger charge is -2.11. The van der Waals surface area contributed by atoms with E-state index in [4.69, 9.17) is 13.9 Å². The fourth-order valence-corrected chi connectivity index (χ4v) is 3.12. The van der Waals surface area contributed by atoms with Crippen molar-refractivity contribution in [2.24, 2.45) is 0 Å². The van der Waals surface area contributed by atoms with Gasteiger partial charge in [0.1, 0.15) is 24.3 Å². The number of ether oxygens (including phenoxy) is 2. The maximum Gasteiger partial charge on any atom is 0.416 e. The maximum atomic E-state index is 12.7. The van der Waals surface area contributed by atoms with E-state index in [1.807, 2.05) is 32.0 Å². The van der Waals surface area contributed by atoms with Crippen molar-refractivity contribution in [2.45, 2.75) is 40.5 Å². The number of allylic oxidation sites excluding steroid dienone is 1. The average Bonchev–Trinajstić information content (AvgIpc) is 3.25. The summed E-state index contributed by atoms with van der Waals surface area (Å²) < 4.78 is 54.5. The second kappa shape index (κ2) is 9.94. The smallest absolute Gasteiger partial charge is 0.416 e. The molecule has 8 heteroatoms. The molecule has 0 amide bonds. The van der Waals surface area contributed by atoms with Gasteiger partial charge in [-0.2, -0.15) is 13.2 Å². The van der Waals surface area contributed by atoms with E-state index in [1.165, 1.54) is 18.4 Å². The Hall–Kier alpha value is -3.55. The van der Waals surface area contributed by atoms with E-state index in [2.05, 4.69) is 4.98 Å². The van der Waals surface area contributed by atoms with Gasteiger partial charge in [-0.25, -0.2) is 9.78 Å². The highest BCUT2D eigenvalue weighted by Crippen LogP contribution is 2.31. The number of alkyl halides is 3. The minimum atomic E-state index is -4.40. The summed E-state index contributed by atoms with van der Waals surface area (Å²) in [7, 11) is 0. The van der Waals surface area contributed by atoms with Gasteiger partial charge in [-0.15, -0.1) is 0 Å². The Balaban J connectivity index is 1.73. The summed E-state index contributed by atoms with van der Waals surface area (Å²) in [5.74, 6) is 0.425. The topological polar surface area (TPSA) is 61.6 Å². The third-order valence-corrected chi connectivity index (χ3v) is 5.03. The van der Waals surface area contributed by atoms with Crippen LogP contribution in [-0.4, -0.2) is 17.6 Å². The first kappa shape index (κ1) is 24.1. The minimum Gasteiger partial charge on any atom is -0.487 e. The number of halogens is 3. The molecule has 3 aromatic rings. The van der Waals surface area contributed by atoms with Gasteiger partial charge in [-0.05, 0) is 80.8 Å². The third kappa shape index (κ3) is 6.03. The minimum absolute atomic E-state index is 0.104. The third-order valence-electron chi connectivity index (χ3n) is 5.03. The molecule has 0 atom stereocenters. The zero-order valence-electron chi connectivity index (χ0n) is 18.7. The first-order chi connectivity index (χ1) is 15.6. The molecule has 5 nitrogen and oxygen atoms in total. The van der Waals surface area contributed by atoms with E-state index in [-0.39, 0.29) is 18.5 Å². The second-order valence-electron chi connectivity index (χ2n) is 7.51. The standard InChI is InChI=1S/C25H24F3NO4/c1-5-31-24(30)17(4)16(3)19-10-15(2)11-22(12-19)32-13-21-14-33-23(29-21)18-6-8-20(9-7-18)25(26,27)28/h6-12,14H,5,13H2,1-4H3. The molecule has 33 heavy (non-hydrogen) atoms. The van der Waals surface area contributed by atoms with Crippen molar-refractivity contribution < 1.29 is 31.9 Å². The lowest BCUT2D eigenvalue weighted by atomic mass is 10.00. The first-order valence-electron chi connectivity index (χ1n) is 10.3. The number of hydrogen-bond acceptors (Lipinski definition) is 5. The van der Waals surface area contributed by atoms with Crippen LogP contribution >= 0.6 is 0 Å². The van der Waals surface area contributed by atoms with Crippen molar-refractivity contribution >= 4 is 11.5 Å². The van der Waals surface area contributed by atoms with Crippen LogP contribution in [0.5, 0.6) is 5.75 Å². The van der Waals surface area contributed by atoms with Crippen molar-refractivity contribution in [3.63, 3.8) is 0 Å². The summed E-state index contributed by atoms with van der Waals surface area (Å²) in [6.45, 7) is 7.64. The number of oxazole rings is 1. The number of nitrogens with zero attached hydrogens (tertiary/aromatic N) is 1. The number of esters is 1. The van der Waals surface area contributed by atoms with Crippen molar-refractivity contribution in [1.29, 1.82) is 0 Å². The largest absolute Gasteiger partial charge is 0.487 e. The lowest BCUT2D eigenvalue weighted by molar-refractivity contribution is -0.138. The predicted octanol–water partition coefficient (Wildman–Crippen LogP) is 6.60. The van der Waals surface area contributed by atoms with Crippen LogP contribution in [0.2, 0.25) is 0 Å². The van der Waals surface area contributed by atoms with Gasteiger partial charge >= 0.3 is 12.1 Å². The molecule has 0 unspecified atom stereocenters. The van der Waals surface area contributed by atoms with Crippen molar-refractivity contribution in [2.75, 3.05) is 6.61 Å². The molecule has 3 rings (SSSR count). The van der Waals surface area contributed by atoms with Crippen molar-refractivity contribution in [3.8, 4) is 17.2 Å². The van der Waals surface area contributed by atoms with Crippen LogP contribution in [0.1, 0.15) is 43.2 Å². The number of carbonyl (C=O) groups is 1. The monoisotopic (exact) mass is 459 g/mol. The highest BCUT2D eigenvalue weighted by atomic mass is 19.4. The SMILES string of the molecule is CCOC(=O)C(C)=C(C)c1cc(C)cc(OCc2coc(-c3ccc(C(F)(F)F)cc3)n2)c1. The molecule has 1 aromatic heterocycles. The summed E-state index contributed by atoms with van der Waals surface area (Å²) in [6.07, 6.45) is -3.00. The molecule has 0 spiro atoms. The predicted molar refractivity (Wildman–Crippen MR) is 117 cm³/mol. The van der Waals surface area contributed by atoms with Crippen LogP contribution in [0, 0.1) is 6.92 Å². The quantitative estimate of drug-likeness (QED) is 0.294. The molecule has 0 saturated heterocycles. The molecular formula is C25H24F3NO4. The second-order valence-corrected chi connectivity index (χ2v) is 7.51. The van der Waals surface area contributed by atoms with E-state index in [9.17, 15) is 18.0 Å². The molecule has 0 saturated carbocycles. The van der Waals surface area contributed by atoms with E-state index in [0.717, 1.165) is 28.8 Å². The lowest BCUT2D eigenvalue weighted by Crippen LogP contribution is -2.07. The van der Waals surface area contributed by atoms with E-state index in [1.54, 1.807) is 13.8 Å². The summed E-state index contributed by atoms with van der Waals surface area (Å²) in [5, 5.41) is 0. The Morgan fingerprint density at radius 2 is 1.79 bits per heavy atom. The van der Waals surface area contributed by atoms with Crippen molar-refractivity contribution in [1.82, 2.24) is 4.98 Å². The summed E-state index contributed by atoms with van der Waals surface area (Å²) >= 11 is 0. The summed E-state index contributed by atoms with van der Waals surface area (Å²) in [4.78, 5) is 16.3. The van der Waals surface area contributed by atoms with Gasteiger partial charge in [-0.1, -0.05) is 6.07 Å².